The Morgan fingerprint density at radius 2 is 2.10 bits per heavy atom. The molecule has 0 amide bonds. The van der Waals surface area contributed by atoms with Gasteiger partial charge >= 0.3 is 5.97 Å². The van der Waals surface area contributed by atoms with Gasteiger partial charge in [0.05, 0.1) is 0 Å². The summed E-state index contributed by atoms with van der Waals surface area (Å²) in [4.78, 5) is 11.3. The normalized spacial score (nSPS) is 15.6. The van der Waals surface area contributed by atoms with E-state index in [-0.39, 0.29) is 0 Å². The molecule has 1 aliphatic rings. The Kier molecular flexibility index (Phi) is 3.03. The fourth-order valence-corrected chi connectivity index (χ4v) is 3.22. The lowest BCUT2D eigenvalue weighted by Crippen LogP contribution is -2.21. The number of nitrogens with one attached hydrogen (secondary N) is 1. The Balaban J connectivity index is 2.34. The molecule has 3 rings (SSSR count). The van der Waals surface area contributed by atoms with Gasteiger partial charge in [-0.25, -0.2) is 0 Å². The number of benzene rings is 1. The minimum Gasteiger partial charge on any atom is -0.480 e. The number of fused-ring (bicyclic) bond motifs is 2. The van der Waals surface area contributed by atoms with Gasteiger partial charge in [0.15, 0.2) is 0 Å². The van der Waals surface area contributed by atoms with Gasteiger partial charge in [0, 0.05) is 41.8 Å². The summed E-state index contributed by atoms with van der Waals surface area (Å²) in [6.45, 7) is 6.53. The summed E-state index contributed by atoms with van der Waals surface area (Å²) in [5.74, 6) is -0.984. The second-order valence-corrected chi connectivity index (χ2v) is 5.30. The molecule has 0 aliphatic carbocycles. The van der Waals surface area contributed by atoms with Crippen molar-refractivity contribution in [3.8, 4) is 0 Å². The Morgan fingerprint density at radius 3 is 2.70 bits per heavy atom. The number of aryl methyl sites for hydroxylation is 1. The predicted molar refractivity (Wildman–Crippen MR) is 77.5 cm³/mol. The van der Waals surface area contributed by atoms with E-state index in [2.05, 4.69) is 28.9 Å². The van der Waals surface area contributed by atoms with Gasteiger partial charge in [-0.2, -0.15) is 0 Å². The third kappa shape index (κ3) is 1.74. The molecule has 0 bridgehead atoms. The summed E-state index contributed by atoms with van der Waals surface area (Å²) in [6, 6.07) is 3.29. The van der Waals surface area contributed by atoms with Gasteiger partial charge in [-0.05, 0) is 37.1 Å². The Morgan fingerprint density at radius 1 is 1.45 bits per heavy atom. The molecule has 2 aromatic rings. The van der Waals surface area contributed by atoms with Gasteiger partial charge < -0.3 is 20.7 Å². The highest BCUT2D eigenvalue weighted by molar-refractivity contribution is 5.92. The fourth-order valence-electron chi connectivity index (χ4n) is 3.22. The van der Waals surface area contributed by atoms with Gasteiger partial charge in [0.2, 0.25) is 0 Å². The molecule has 1 unspecified atom stereocenters. The van der Waals surface area contributed by atoms with E-state index in [1.54, 1.807) is 0 Å². The first kappa shape index (κ1) is 13.1. The van der Waals surface area contributed by atoms with Crippen molar-refractivity contribution in [1.29, 1.82) is 0 Å². The number of hydrogen-bond donors (Lipinski definition) is 3. The fraction of sp³-hybridized carbons (Fsp3) is 0.400. The zero-order chi connectivity index (χ0) is 14.4. The average Bonchev–Trinajstić information content (AvgIpc) is 2.96. The van der Waals surface area contributed by atoms with Crippen LogP contribution in [0.5, 0.6) is 0 Å². The summed E-state index contributed by atoms with van der Waals surface area (Å²) in [6.07, 6.45) is 0. The molecule has 5 nitrogen and oxygen atoms in total. The maximum absolute atomic E-state index is 11.3. The van der Waals surface area contributed by atoms with Crippen molar-refractivity contribution < 1.29 is 9.90 Å². The third-order valence-corrected chi connectivity index (χ3v) is 4.22. The van der Waals surface area contributed by atoms with Crippen LogP contribution in [0.25, 0.3) is 10.9 Å². The molecule has 2 heterocycles. The first-order chi connectivity index (χ1) is 9.54. The van der Waals surface area contributed by atoms with Crippen molar-refractivity contribution in [3.63, 3.8) is 0 Å². The van der Waals surface area contributed by atoms with Crippen LogP contribution in [-0.2, 0) is 24.4 Å². The van der Waals surface area contributed by atoms with Crippen LogP contribution in [0.15, 0.2) is 12.1 Å². The quantitative estimate of drug-likeness (QED) is 0.794. The number of hydrogen-bond acceptors (Lipinski definition) is 3. The van der Waals surface area contributed by atoms with E-state index in [0.29, 0.717) is 0 Å². The molecule has 1 aromatic carbocycles. The first-order valence-electron chi connectivity index (χ1n) is 6.88. The number of nitrogens with zero attached hydrogens (tertiary/aromatic N) is 1. The smallest absolute Gasteiger partial charge is 0.325 e. The summed E-state index contributed by atoms with van der Waals surface area (Å²) < 4.78 is 2.14. The molecular weight excluding hydrogens is 254 g/mol. The van der Waals surface area contributed by atoms with E-state index < -0.39 is 12.0 Å². The third-order valence-electron chi connectivity index (χ3n) is 4.22. The van der Waals surface area contributed by atoms with E-state index in [1.807, 2.05) is 6.92 Å². The second kappa shape index (κ2) is 4.61. The topological polar surface area (TPSA) is 80.3 Å². The molecule has 0 radical (unpaired) electrons. The van der Waals surface area contributed by atoms with Crippen molar-refractivity contribution in [2.24, 2.45) is 5.73 Å². The largest absolute Gasteiger partial charge is 0.480 e. The van der Waals surface area contributed by atoms with E-state index in [9.17, 15) is 9.90 Å². The molecule has 0 saturated heterocycles. The van der Waals surface area contributed by atoms with E-state index in [4.69, 9.17) is 5.73 Å². The summed E-state index contributed by atoms with van der Waals surface area (Å²) >= 11 is 0. The molecule has 4 N–H and O–H groups in total. The maximum atomic E-state index is 11.3. The lowest BCUT2D eigenvalue weighted by molar-refractivity contribution is -0.138. The maximum Gasteiger partial charge on any atom is 0.325 e. The zero-order valence-corrected chi connectivity index (χ0v) is 11.7. The van der Waals surface area contributed by atoms with Crippen LogP contribution in [0.3, 0.4) is 0 Å². The van der Waals surface area contributed by atoms with Crippen molar-refractivity contribution >= 4 is 16.9 Å². The monoisotopic (exact) mass is 273 g/mol. The molecule has 0 spiro atoms. The molecule has 0 fully saturated rings. The standard InChI is InChI=1S/C15H19N3O2/c1-3-18-8(2)13(14(16)15(19)20)11-4-9-6-17-7-10(9)5-12(11)18/h4-5,14,17H,3,6-7,16H2,1-2H3,(H,19,20). The van der Waals surface area contributed by atoms with Gasteiger partial charge in [0.1, 0.15) is 6.04 Å². The molecule has 20 heavy (non-hydrogen) atoms. The lowest BCUT2D eigenvalue weighted by Gasteiger charge is -2.08. The van der Waals surface area contributed by atoms with E-state index >= 15 is 0 Å². The summed E-state index contributed by atoms with van der Waals surface area (Å²) in [7, 11) is 0. The average molecular weight is 273 g/mol. The minimum atomic E-state index is -0.984. The first-order valence-corrected chi connectivity index (χ1v) is 6.88. The SMILES string of the molecule is CCn1c(C)c(C(N)C(=O)O)c2cc3c(cc21)CNC3. The van der Waals surface area contributed by atoms with E-state index in [1.165, 1.54) is 11.1 Å². The molecule has 1 atom stereocenters. The molecule has 5 heteroatoms. The molecule has 106 valence electrons. The number of aromatic nitrogens is 1. The van der Waals surface area contributed by atoms with Crippen molar-refractivity contribution in [1.82, 2.24) is 9.88 Å². The molecule has 0 saturated carbocycles. The highest BCUT2D eigenvalue weighted by Gasteiger charge is 2.25. The number of carbonyl (C=O) groups is 1. The number of carboxylic acid groups (broad SMARTS) is 1. The van der Waals surface area contributed by atoms with E-state index in [0.717, 1.165) is 41.8 Å². The van der Waals surface area contributed by atoms with Gasteiger partial charge in [-0.1, -0.05) is 0 Å². The van der Waals surface area contributed by atoms with Crippen molar-refractivity contribution in [3.05, 3.63) is 34.5 Å². The number of aliphatic carboxylic acids is 1. The Bertz CT molecular complexity index is 703. The number of rotatable bonds is 3. The van der Waals surface area contributed by atoms with Crippen LogP contribution in [0.1, 0.15) is 35.3 Å². The van der Waals surface area contributed by atoms with Crippen LogP contribution in [0, 0.1) is 6.92 Å². The highest BCUT2D eigenvalue weighted by Crippen LogP contribution is 2.33. The predicted octanol–water partition coefficient (Wildman–Crippen LogP) is 1.66. The molecule has 1 aliphatic heterocycles. The van der Waals surface area contributed by atoms with Crippen LogP contribution in [0.2, 0.25) is 0 Å². The zero-order valence-electron chi connectivity index (χ0n) is 11.7. The van der Waals surface area contributed by atoms with Crippen LogP contribution in [-0.4, -0.2) is 15.6 Å². The lowest BCUT2D eigenvalue weighted by atomic mass is 10.0. The summed E-state index contributed by atoms with van der Waals surface area (Å²) in [5, 5.41) is 13.5. The second-order valence-electron chi connectivity index (χ2n) is 5.30. The summed E-state index contributed by atoms with van der Waals surface area (Å²) in [5.41, 5.74) is 11.2. The number of carboxylic acids is 1. The van der Waals surface area contributed by atoms with Crippen LogP contribution in [0.4, 0.5) is 0 Å². The molecule has 1 aromatic heterocycles. The van der Waals surface area contributed by atoms with Crippen molar-refractivity contribution in [2.45, 2.75) is 39.5 Å². The van der Waals surface area contributed by atoms with Crippen molar-refractivity contribution in [2.75, 3.05) is 0 Å². The van der Waals surface area contributed by atoms with Gasteiger partial charge in [0.25, 0.3) is 0 Å². The highest BCUT2D eigenvalue weighted by atomic mass is 16.4. The van der Waals surface area contributed by atoms with Crippen LogP contribution < -0.4 is 11.1 Å². The Labute approximate surface area is 117 Å². The Hall–Kier alpha value is -1.85. The molecular formula is C15H19N3O2. The number of nitrogens with two attached hydrogens (primary N) is 1. The van der Waals surface area contributed by atoms with Crippen LogP contribution >= 0.6 is 0 Å². The van der Waals surface area contributed by atoms with Gasteiger partial charge in [-0.15, -0.1) is 0 Å². The van der Waals surface area contributed by atoms with Gasteiger partial charge in [-0.3, -0.25) is 4.79 Å². The minimum absolute atomic E-state index is 0.740.